The summed E-state index contributed by atoms with van der Waals surface area (Å²) in [7, 11) is 0. The van der Waals surface area contributed by atoms with E-state index >= 15 is 0 Å². The van der Waals surface area contributed by atoms with Crippen LogP contribution in [0.2, 0.25) is 4.34 Å². The standard InChI is InChI=1S/C13H15ClN4S/c14-11-8-17-12(19-11)9-16-10-4-3-5-15-13(10)18-6-1-2-7-18/h3-5,8,16H,1-2,6-7,9H2. The van der Waals surface area contributed by atoms with Crippen molar-refractivity contribution in [1.29, 1.82) is 0 Å². The molecule has 0 bridgehead atoms. The van der Waals surface area contributed by atoms with E-state index in [1.54, 1.807) is 6.20 Å². The molecule has 0 atom stereocenters. The molecule has 0 aliphatic carbocycles. The molecule has 19 heavy (non-hydrogen) atoms. The van der Waals surface area contributed by atoms with Crippen LogP contribution in [-0.2, 0) is 6.54 Å². The van der Waals surface area contributed by atoms with Gasteiger partial charge in [-0.05, 0) is 25.0 Å². The third-order valence-electron chi connectivity index (χ3n) is 3.15. The lowest BCUT2D eigenvalue weighted by Gasteiger charge is -2.20. The quantitative estimate of drug-likeness (QED) is 0.938. The monoisotopic (exact) mass is 294 g/mol. The maximum Gasteiger partial charge on any atom is 0.151 e. The number of pyridine rings is 1. The molecule has 6 heteroatoms. The minimum absolute atomic E-state index is 0.684. The van der Waals surface area contributed by atoms with Gasteiger partial charge in [-0.25, -0.2) is 9.97 Å². The van der Waals surface area contributed by atoms with Crippen molar-refractivity contribution < 1.29 is 0 Å². The van der Waals surface area contributed by atoms with E-state index < -0.39 is 0 Å². The molecule has 2 aromatic heterocycles. The zero-order valence-corrected chi connectivity index (χ0v) is 12.0. The Balaban J connectivity index is 1.73. The van der Waals surface area contributed by atoms with Crippen LogP contribution < -0.4 is 10.2 Å². The molecule has 100 valence electrons. The van der Waals surface area contributed by atoms with E-state index in [9.17, 15) is 0 Å². The highest BCUT2D eigenvalue weighted by molar-refractivity contribution is 7.15. The molecule has 0 spiro atoms. The second-order valence-corrected chi connectivity index (χ2v) is 6.23. The highest BCUT2D eigenvalue weighted by atomic mass is 35.5. The Morgan fingerprint density at radius 3 is 2.89 bits per heavy atom. The summed E-state index contributed by atoms with van der Waals surface area (Å²) in [5.41, 5.74) is 1.07. The fraction of sp³-hybridized carbons (Fsp3) is 0.385. The third kappa shape index (κ3) is 2.98. The molecule has 3 rings (SSSR count). The predicted molar refractivity (Wildman–Crippen MR) is 80.1 cm³/mol. The second kappa shape index (κ2) is 5.75. The molecule has 3 heterocycles. The Labute approximate surface area is 121 Å². The van der Waals surface area contributed by atoms with Crippen molar-refractivity contribution in [1.82, 2.24) is 9.97 Å². The van der Waals surface area contributed by atoms with Crippen LogP contribution in [0.25, 0.3) is 0 Å². The number of thiazole rings is 1. The molecule has 0 aromatic carbocycles. The van der Waals surface area contributed by atoms with Gasteiger partial charge in [-0.1, -0.05) is 11.6 Å². The molecule has 0 unspecified atom stereocenters. The molecule has 4 nitrogen and oxygen atoms in total. The van der Waals surface area contributed by atoms with Gasteiger partial charge < -0.3 is 10.2 Å². The molecule has 1 saturated heterocycles. The lowest BCUT2D eigenvalue weighted by Crippen LogP contribution is -2.20. The molecule has 1 aliphatic rings. The van der Waals surface area contributed by atoms with E-state index in [4.69, 9.17) is 11.6 Å². The number of rotatable bonds is 4. The molecule has 2 aromatic rings. The first-order valence-electron chi connectivity index (χ1n) is 6.37. The maximum absolute atomic E-state index is 5.88. The Kier molecular flexibility index (Phi) is 3.84. The molecular formula is C13H15ClN4S. The molecule has 0 radical (unpaired) electrons. The van der Waals surface area contributed by atoms with E-state index in [-0.39, 0.29) is 0 Å². The first-order valence-corrected chi connectivity index (χ1v) is 7.56. The van der Waals surface area contributed by atoms with Crippen LogP contribution in [-0.4, -0.2) is 23.1 Å². The van der Waals surface area contributed by atoms with Crippen LogP contribution >= 0.6 is 22.9 Å². The second-order valence-electron chi connectivity index (χ2n) is 4.48. The lowest BCUT2D eigenvalue weighted by molar-refractivity contribution is 0.934. The van der Waals surface area contributed by atoms with E-state index in [1.807, 2.05) is 12.3 Å². The summed E-state index contributed by atoms with van der Waals surface area (Å²) in [4.78, 5) is 11.1. The third-order valence-corrected chi connectivity index (χ3v) is 4.26. The minimum Gasteiger partial charge on any atom is -0.376 e. The summed E-state index contributed by atoms with van der Waals surface area (Å²) < 4.78 is 0.725. The molecule has 1 N–H and O–H groups in total. The van der Waals surface area contributed by atoms with Crippen molar-refractivity contribution in [3.8, 4) is 0 Å². The van der Waals surface area contributed by atoms with Crippen LogP contribution in [0.4, 0.5) is 11.5 Å². The Morgan fingerprint density at radius 2 is 2.16 bits per heavy atom. The minimum atomic E-state index is 0.684. The van der Waals surface area contributed by atoms with Gasteiger partial charge in [-0.2, -0.15) is 0 Å². The molecule has 1 fully saturated rings. The topological polar surface area (TPSA) is 41.1 Å². The van der Waals surface area contributed by atoms with Crippen LogP contribution in [0.1, 0.15) is 17.8 Å². The first kappa shape index (κ1) is 12.7. The number of hydrogen-bond acceptors (Lipinski definition) is 5. The number of halogens is 1. The van der Waals surface area contributed by atoms with Crippen molar-refractivity contribution in [3.63, 3.8) is 0 Å². The highest BCUT2D eigenvalue weighted by Crippen LogP contribution is 2.27. The van der Waals surface area contributed by atoms with E-state index in [0.717, 1.165) is 33.9 Å². The van der Waals surface area contributed by atoms with Gasteiger partial charge in [-0.15, -0.1) is 11.3 Å². The Hall–Kier alpha value is -1.33. The summed E-state index contributed by atoms with van der Waals surface area (Å²) >= 11 is 7.39. The summed E-state index contributed by atoms with van der Waals surface area (Å²) in [6.45, 7) is 2.87. The fourth-order valence-electron chi connectivity index (χ4n) is 2.26. The highest BCUT2D eigenvalue weighted by Gasteiger charge is 2.16. The van der Waals surface area contributed by atoms with Crippen molar-refractivity contribution in [2.75, 3.05) is 23.3 Å². The summed E-state index contributed by atoms with van der Waals surface area (Å²) in [6, 6.07) is 4.02. The van der Waals surface area contributed by atoms with Crippen LogP contribution in [0.3, 0.4) is 0 Å². The predicted octanol–water partition coefficient (Wildman–Crippen LogP) is 3.40. The van der Waals surface area contributed by atoms with Gasteiger partial charge >= 0.3 is 0 Å². The first-order chi connectivity index (χ1) is 9.33. The molecular weight excluding hydrogens is 280 g/mol. The van der Waals surface area contributed by atoms with Crippen molar-refractivity contribution in [2.24, 2.45) is 0 Å². The average Bonchev–Trinajstić information content (AvgIpc) is 3.08. The van der Waals surface area contributed by atoms with Crippen molar-refractivity contribution in [2.45, 2.75) is 19.4 Å². The van der Waals surface area contributed by atoms with Crippen LogP contribution in [0, 0.1) is 0 Å². The number of hydrogen-bond donors (Lipinski definition) is 1. The molecule has 0 saturated carbocycles. The molecule has 0 amide bonds. The van der Waals surface area contributed by atoms with Gasteiger partial charge in [0, 0.05) is 19.3 Å². The van der Waals surface area contributed by atoms with Crippen LogP contribution in [0.5, 0.6) is 0 Å². The van der Waals surface area contributed by atoms with E-state index in [2.05, 4.69) is 26.3 Å². The van der Waals surface area contributed by atoms with Crippen molar-refractivity contribution in [3.05, 3.63) is 33.9 Å². The summed E-state index contributed by atoms with van der Waals surface area (Å²) in [6.07, 6.45) is 6.03. The van der Waals surface area contributed by atoms with Gasteiger partial charge in [0.2, 0.25) is 0 Å². The Morgan fingerprint density at radius 1 is 1.32 bits per heavy atom. The van der Waals surface area contributed by atoms with E-state index in [0.29, 0.717) is 6.54 Å². The normalized spacial score (nSPS) is 14.9. The average molecular weight is 295 g/mol. The van der Waals surface area contributed by atoms with E-state index in [1.165, 1.54) is 24.2 Å². The van der Waals surface area contributed by atoms with Gasteiger partial charge in [-0.3, -0.25) is 0 Å². The van der Waals surface area contributed by atoms with Gasteiger partial charge in [0.1, 0.15) is 9.34 Å². The zero-order valence-electron chi connectivity index (χ0n) is 10.5. The Bertz CT molecular complexity index is 551. The smallest absolute Gasteiger partial charge is 0.151 e. The zero-order chi connectivity index (χ0) is 13.1. The largest absolute Gasteiger partial charge is 0.376 e. The van der Waals surface area contributed by atoms with Gasteiger partial charge in [0.05, 0.1) is 18.4 Å². The number of anilines is 2. The fourth-order valence-corrected chi connectivity index (χ4v) is 3.15. The summed E-state index contributed by atoms with van der Waals surface area (Å²) in [5.74, 6) is 1.04. The summed E-state index contributed by atoms with van der Waals surface area (Å²) in [5, 5.41) is 4.39. The SMILES string of the molecule is Clc1cnc(CNc2cccnc2N2CCCC2)s1. The number of nitrogens with zero attached hydrogens (tertiary/aromatic N) is 3. The molecule has 1 aliphatic heterocycles. The van der Waals surface area contributed by atoms with Gasteiger partial charge in [0.25, 0.3) is 0 Å². The van der Waals surface area contributed by atoms with Gasteiger partial charge in [0.15, 0.2) is 5.82 Å². The van der Waals surface area contributed by atoms with Crippen LogP contribution in [0.15, 0.2) is 24.5 Å². The van der Waals surface area contributed by atoms with Crippen molar-refractivity contribution >= 4 is 34.4 Å². The number of nitrogens with one attached hydrogen (secondary N) is 1. The number of aromatic nitrogens is 2. The lowest BCUT2D eigenvalue weighted by atomic mass is 10.3. The maximum atomic E-state index is 5.88.